The minimum atomic E-state index is -0.930. The molecule has 122 valence electrons. The van der Waals surface area contributed by atoms with Crippen LogP contribution >= 0.6 is 0 Å². The third kappa shape index (κ3) is 8.10. The van der Waals surface area contributed by atoms with Gasteiger partial charge in [-0.3, -0.25) is 0 Å². The Labute approximate surface area is 128 Å². The van der Waals surface area contributed by atoms with Gasteiger partial charge in [0.25, 0.3) is 0 Å². The lowest BCUT2D eigenvalue weighted by molar-refractivity contribution is -0.206. The van der Waals surface area contributed by atoms with Crippen molar-refractivity contribution < 1.29 is 19.4 Å². The Morgan fingerprint density at radius 3 is 2.33 bits per heavy atom. The van der Waals surface area contributed by atoms with Gasteiger partial charge in [-0.25, -0.2) is 4.79 Å². The van der Waals surface area contributed by atoms with E-state index in [4.69, 9.17) is 9.47 Å². The fourth-order valence-electron chi connectivity index (χ4n) is 2.54. The van der Waals surface area contributed by atoms with E-state index in [1.165, 1.54) is 38.2 Å². The van der Waals surface area contributed by atoms with Gasteiger partial charge in [-0.05, 0) is 6.42 Å². The Morgan fingerprint density at radius 2 is 1.71 bits per heavy atom. The quantitative estimate of drug-likeness (QED) is 0.488. The number of rotatable bonds is 10. The normalized spacial score (nSPS) is 18.7. The number of carbonyl (C=O) groups excluding carboxylic acids is 1. The molecule has 4 heteroatoms. The lowest BCUT2D eigenvalue weighted by atomic mass is 10.0. The molecular weight excluding hydrogens is 268 g/mol. The second-order valence-corrected chi connectivity index (χ2v) is 6.30. The number of hydrogen-bond acceptors (Lipinski definition) is 4. The van der Waals surface area contributed by atoms with Gasteiger partial charge < -0.3 is 14.6 Å². The molecule has 0 spiro atoms. The highest BCUT2D eigenvalue weighted by Crippen LogP contribution is 2.25. The van der Waals surface area contributed by atoms with Crippen LogP contribution in [0.1, 0.15) is 78.6 Å². The molecule has 1 aliphatic rings. The summed E-state index contributed by atoms with van der Waals surface area (Å²) in [5.74, 6) is -0.809. The highest BCUT2D eigenvalue weighted by molar-refractivity contribution is 5.83. The highest BCUT2D eigenvalue weighted by atomic mass is 16.7. The van der Waals surface area contributed by atoms with Crippen LogP contribution in [0.3, 0.4) is 0 Å². The molecule has 4 nitrogen and oxygen atoms in total. The molecule has 1 unspecified atom stereocenters. The lowest BCUT2D eigenvalue weighted by Gasteiger charge is -2.31. The van der Waals surface area contributed by atoms with Gasteiger partial charge >= 0.3 is 5.97 Å². The van der Waals surface area contributed by atoms with E-state index in [1.807, 2.05) is 0 Å². The summed E-state index contributed by atoms with van der Waals surface area (Å²) >= 11 is 0. The van der Waals surface area contributed by atoms with Gasteiger partial charge in [-0.2, -0.15) is 0 Å². The van der Waals surface area contributed by atoms with Gasteiger partial charge in [0.1, 0.15) is 5.76 Å². The monoisotopic (exact) mass is 298 g/mol. The number of aliphatic hydroxyl groups is 1. The van der Waals surface area contributed by atoms with Gasteiger partial charge in [0.05, 0.1) is 12.2 Å². The molecule has 0 saturated carbocycles. The largest absolute Gasteiger partial charge is 0.457 e. The van der Waals surface area contributed by atoms with Gasteiger partial charge in [0, 0.05) is 20.3 Å². The summed E-state index contributed by atoms with van der Waals surface area (Å²) in [6, 6.07) is 0. The van der Waals surface area contributed by atoms with Gasteiger partial charge in [0.15, 0.2) is 0 Å². The van der Waals surface area contributed by atoms with Crippen molar-refractivity contribution in [2.45, 2.75) is 90.4 Å². The molecule has 0 bridgehead atoms. The van der Waals surface area contributed by atoms with Crippen molar-refractivity contribution in [3.05, 3.63) is 11.8 Å². The van der Waals surface area contributed by atoms with Gasteiger partial charge in [-0.1, -0.05) is 51.9 Å². The summed E-state index contributed by atoms with van der Waals surface area (Å²) in [6.07, 6.45) is 10.6. The predicted molar refractivity (Wildman–Crippen MR) is 82.6 cm³/mol. The summed E-state index contributed by atoms with van der Waals surface area (Å²) < 4.78 is 10.6. The van der Waals surface area contributed by atoms with Crippen molar-refractivity contribution in [2.24, 2.45) is 0 Å². The van der Waals surface area contributed by atoms with Crippen LogP contribution in [0.25, 0.3) is 0 Å². The molecule has 1 heterocycles. The Kier molecular flexibility index (Phi) is 7.79. The van der Waals surface area contributed by atoms with E-state index >= 15 is 0 Å². The maximum Gasteiger partial charge on any atom is 0.337 e. The van der Waals surface area contributed by atoms with Gasteiger partial charge in [-0.15, -0.1) is 0 Å². The molecule has 0 amide bonds. The molecule has 1 N–H and O–H groups in total. The van der Waals surface area contributed by atoms with E-state index in [0.717, 1.165) is 19.3 Å². The molecular formula is C17H30O4. The maximum atomic E-state index is 11.4. The van der Waals surface area contributed by atoms with E-state index in [0.29, 0.717) is 12.2 Å². The van der Waals surface area contributed by atoms with Gasteiger partial charge in [0.2, 0.25) is 5.79 Å². The second kappa shape index (κ2) is 9.08. The van der Waals surface area contributed by atoms with Crippen LogP contribution in [-0.2, 0) is 14.3 Å². The highest BCUT2D eigenvalue weighted by Gasteiger charge is 2.30. The van der Waals surface area contributed by atoms with Crippen LogP contribution in [0.5, 0.6) is 0 Å². The summed E-state index contributed by atoms with van der Waals surface area (Å²) in [6.45, 7) is 5.61. The first kappa shape index (κ1) is 18.0. The zero-order valence-corrected chi connectivity index (χ0v) is 13.7. The SMILES string of the molecule is CCCCCCCCCC(O)CC1=CC(=O)OC(C)(C)O1. The fourth-order valence-corrected chi connectivity index (χ4v) is 2.54. The average molecular weight is 298 g/mol. The first-order valence-electron chi connectivity index (χ1n) is 8.23. The van der Waals surface area contributed by atoms with E-state index in [9.17, 15) is 9.90 Å². The zero-order chi connectivity index (χ0) is 15.7. The molecule has 0 aliphatic carbocycles. The van der Waals surface area contributed by atoms with Crippen LogP contribution in [0, 0.1) is 0 Å². The molecule has 1 atom stereocenters. The lowest BCUT2D eigenvalue weighted by Crippen LogP contribution is -2.35. The van der Waals surface area contributed by atoms with Crippen molar-refractivity contribution >= 4 is 5.97 Å². The van der Waals surface area contributed by atoms with Crippen LogP contribution in [0.2, 0.25) is 0 Å². The zero-order valence-electron chi connectivity index (χ0n) is 13.7. The minimum absolute atomic E-state index is 0.383. The summed E-state index contributed by atoms with van der Waals surface area (Å²) in [7, 11) is 0. The van der Waals surface area contributed by atoms with Crippen LogP contribution in [0.4, 0.5) is 0 Å². The van der Waals surface area contributed by atoms with Crippen LogP contribution in [-0.4, -0.2) is 23.0 Å². The number of carbonyl (C=O) groups is 1. The Bertz CT molecular complexity index is 347. The third-order valence-electron chi connectivity index (χ3n) is 3.58. The van der Waals surface area contributed by atoms with E-state index in [-0.39, 0.29) is 0 Å². The topological polar surface area (TPSA) is 55.8 Å². The molecule has 1 aliphatic heterocycles. The molecule has 0 aromatic heterocycles. The first-order chi connectivity index (χ1) is 9.93. The number of ether oxygens (including phenoxy) is 2. The van der Waals surface area contributed by atoms with E-state index in [2.05, 4.69) is 6.92 Å². The smallest absolute Gasteiger partial charge is 0.337 e. The third-order valence-corrected chi connectivity index (χ3v) is 3.58. The number of cyclic esters (lactones) is 1. The van der Waals surface area contributed by atoms with Crippen LogP contribution in [0.15, 0.2) is 11.8 Å². The molecule has 0 aromatic rings. The van der Waals surface area contributed by atoms with E-state index < -0.39 is 17.9 Å². The van der Waals surface area contributed by atoms with Crippen molar-refractivity contribution in [1.29, 1.82) is 0 Å². The minimum Gasteiger partial charge on any atom is -0.457 e. The molecule has 0 fully saturated rings. The average Bonchev–Trinajstić information content (AvgIpc) is 2.35. The number of hydrogen-bond donors (Lipinski definition) is 1. The van der Waals surface area contributed by atoms with E-state index in [1.54, 1.807) is 13.8 Å². The molecule has 0 aromatic carbocycles. The second-order valence-electron chi connectivity index (χ2n) is 6.30. The number of esters is 1. The summed E-state index contributed by atoms with van der Waals surface area (Å²) in [5.41, 5.74) is 0. The Balaban J connectivity index is 2.16. The standard InChI is InChI=1S/C17H30O4/c1-4-5-6-7-8-9-10-11-14(18)12-15-13-16(19)21-17(2,3)20-15/h13-14,18H,4-12H2,1-3H3. The molecule has 1 rings (SSSR count). The predicted octanol–water partition coefficient (Wildman–Crippen LogP) is 4.07. The summed E-state index contributed by atoms with van der Waals surface area (Å²) in [4.78, 5) is 11.4. The van der Waals surface area contributed by atoms with Crippen LogP contribution < -0.4 is 0 Å². The Hall–Kier alpha value is -1.03. The van der Waals surface area contributed by atoms with Crippen molar-refractivity contribution in [2.75, 3.05) is 0 Å². The molecule has 0 radical (unpaired) electrons. The molecule has 21 heavy (non-hydrogen) atoms. The maximum absolute atomic E-state index is 11.4. The molecule has 0 saturated heterocycles. The number of unbranched alkanes of at least 4 members (excludes halogenated alkanes) is 6. The van der Waals surface area contributed by atoms with Crippen molar-refractivity contribution in [3.63, 3.8) is 0 Å². The van der Waals surface area contributed by atoms with Crippen molar-refractivity contribution in [1.82, 2.24) is 0 Å². The Morgan fingerprint density at radius 1 is 1.10 bits per heavy atom. The first-order valence-corrected chi connectivity index (χ1v) is 8.23. The van der Waals surface area contributed by atoms with Crippen molar-refractivity contribution in [3.8, 4) is 0 Å². The summed E-state index contributed by atoms with van der Waals surface area (Å²) in [5, 5.41) is 10.0. The number of aliphatic hydroxyl groups excluding tert-OH is 1. The fraction of sp³-hybridized carbons (Fsp3) is 0.824.